The van der Waals surface area contributed by atoms with Crippen molar-refractivity contribution in [3.8, 4) is 0 Å². The Labute approximate surface area is 90.5 Å². The molecular formula is C9H11FN2O2S. The number of aliphatic hydroxyl groups excluding tert-OH is 1. The van der Waals surface area contributed by atoms with Crippen LogP contribution in [0.3, 0.4) is 0 Å². The third-order valence-electron chi connectivity index (χ3n) is 1.72. The van der Waals surface area contributed by atoms with Crippen LogP contribution in [0.2, 0.25) is 0 Å². The molecule has 0 bridgehead atoms. The highest BCUT2D eigenvalue weighted by atomic mass is 32.2. The second-order valence-electron chi connectivity index (χ2n) is 2.81. The van der Waals surface area contributed by atoms with Crippen molar-refractivity contribution in [3.05, 3.63) is 23.5 Å². The molecule has 1 aromatic rings. The van der Waals surface area contributed by atoms with Gasteiger partial charge in [-0.05, 0) is 12.1 Å². The van der Waals surface area contributed by atoms with E-state index in [9.17, 15) is 9.18 Å². The third-order valence-corrected chi connectivity index (χ3v) is 2.73. The van der Waals surface area contributed by atoms with Crippen molar-refractivity contribution in [2.75, 3.05) is 18.1 Å². The predicted octanol–water partition coefficient (Wildman–Crippen LogP) is 0.591. The van der Waals surface area contributed by atoms with Gasteiger partial charge in [0.05, 0.1) is 12.2 Å². The number of hydrogen-bond acceptors (Lipinski definition) is 4. The number of nitrogen functional groups attached to an aromatic ring is 1. The molecule has 15 heavy (non-hydrogen) atoms. The Bertz CT molecular complexity index is 385. The first-order valence-corrected chi connectivity index (χ1v) is 5.17. The monoisotopic (exact) mass is 230 g/mol. The standard InChI is InChI=1S/C9H11FN2O2S/c10-6-4-7(11)5(9(12)14)3-8(6)15-2-1-13/h3-4,13H,1-2,11H2,(H2,12,14). The molecule has 0 saturated carbocycles. The summed E-state index contributed by atoms with van der Waals surface area (Å²) in [6, 6.07) is 2.35. The second-order valence-corrected chi connectivity index (χ2v) is 3.94. The van der Waals surface area contributed by atoms with Crippen molar-refractivity contribution in [1.82, 2.24) is 0 Å². The van der Waals surface area contributed by atoms with E-state index in [0.29, 0.717) is 5.75 Å². The van der Waals surface area contributed by atoms with Crippen molar-refractivity contribution in [2.24, 2.45) is 5.73 Å². The number of nitrogens with two attached hydrogens (primary N) is 2. The van der Waals surface area contributed by atoms with Crippen molar-refractivity contribution in [2.45, 2.75) is 4.90 Å². The van der Waals surface area contributed by atoms with Crippen LogP contribution in [0.4, 0.5) is 10.1 Å². The second kappa shape index (κ2) is 4.99. The average Bonchev–Trinajstić information content (AvgIpc) is 2.16. The minimum Gasteiger partial charge on any atom is -0.398 e. The predicted molar refractivity (Wildman–Crippen MR) is 57.1 cm³/mol. The lowest BCUT2D eigenvalue weighted by Crippen LogP contribution is -2.14. The molecule has 0 radical (unpaired) electrons. The number of primary amides is 1. The Balaban J connectivity index is 3.06. The molecule has 0 aromatic heterocycles. The number of rotatable bonds is 4. The molecule has 0 aliphatic rings. The SMILES string of the molecule is NC(=O)c1cc(SCCO)c(F)cc1N. The number of carbonyl (C=O) groups is 1. The first-order chi connectivity index (χ1) is 7.06. The molecule has 1 rings (SSSR count). The van der Waals surface area contributed by atoms with Crippen LogP contribution in [0.15, 0.2) is 17.0 Å². The van der Waals surface area contributed by atoms with Gasteiger partial charge in [-0.3, -0.25) is 4.79 Å². The van der Waals surface area contributed by atoms with Crippen molar-refractivity contribution >= 4 is 23.4 Å². The van der Waals surface area contributed by atoms with Crippen LogP contribution < -0.4 is 11.5 Å². The molecule has 1 aromatic carbocycles. The number of benzene rings is 1. The zero-order chi connectivity index (χ0) is 11.4. The fourth-order valence-electron chi connectivity index (χ4n) is 1.05. The molecule has 0 unspecified atom stereocenters. The van der Waals surface area contributed by atoms with Gasteiger partial charge in [0.2, 0.25) is 0 Å². The van der Waals surface area contributed by atoms with E-state index in [4.69, 9.17) is 16.6 Å². The maximum atomic E-state index is 13.3. The zero-order valence-electron chi connectivity index (χ0n) is 7.87. The molecular weight excluding hydrogens is 219 g/mol. The van der Waals surface area contributed by atoms with E-state index in [0.717, 1.165) is 17.8 Å². The first kappa shape index (κ1) is 11.8. The normalized spacial score (nSPS) is 10.3. The van der Waals surface area contributed by atoms with Gasteiger partial charge < -0.3 is 16.6 Å². The van der Waals surface area contributed by atoms with Crippen LogP contribution in [-0.2, 0) is 0 Å². The van der Waals surface area contributed by atoms with Gasteiger partial charge in [-0.15, -0.1) is 11.8 Å². The topological polar surface area (TPSA) is 89.3 Å². The summed E-state index contributed by atoms with van der Waals surface area (Å²) in [5.41, 5.74) is 10.6. The van der Waals surface area contributed by atoms with Crippen molar-refractivity contribution in [3.63, 3.8) is 0 Å². The molecule has 0 saturated heterocycles. The first-order valence-electron chi connectivity index (χ1n) is 4.18. The summed E-state index contributed by atoms with van der Waals surface area (Å²) in [7, 11) is 0. The quantitative estimate of drug-likeness (QED) is 0.521. The maximum absolute atomic E-state index is 13.3. The summed E-state index contributed by atoms with van der Waals surface area (Å²) in [4.78, 5) is 11.2. The van der Waals surface area contributed by atoms with E-state index < -0.39 is 11.7 Å². The van der Waals surface area contributed by atoms with Gasteiger partial charge in [0.1, 0.15) is 5.82 Å². The summed E-state index contributed by atoms with van der Waals surface area (Å²) >= 11 is 1.10. The van der Waals surface area contributed by atoms with Gasteiger partial charge in [-0.1, -0.05) is 0 Å². The van der Waals surface area contributed by atoms with Crippen molar-refractivity contribution < 1.29 is 14.3 Å². The van der Waals surface area contributed by atoms with Crippen LogP contribution in [-0.4, -0.2) is 23.4 Å². The molecule has 0 fully saturated rings. The van der Waals surface area contributed by atoms with Gasteiger partial charge in [0.15, 0.2) is 0 Å². The summed E-state index contributed by atoms with van der Waals surface area (Å²) in [6.07, 6.45) is 0. The summed E-state index contributed by atoms with van der Waals surface area (Å²) < 4.78 is 13.3. The number of carbonyl (C=O) groups excluding carboxylic acids is 1. The largest absolute Gasteiger partial charge is 0.398 e. The lowest BCUT2D eigenvalue weighted by molar-refractivity contribution is 0.100. The third kappa shape index (κ3) is 2.84. The number of hydrogen-bond donors (Lipinski definition) is 3. The highest BCUT2D eigenvalue weighted by Crippen LogP contribution is 2.26. The molecule has 0 atom stereocenters. The van der Waals surface area contributed by atoms with E-state index in [1.165, 1.54) is 6.07 Å². The number of anilines is 1. The summed E-state index contributed by atoms with van der Waals surface area (Å²) in [6.45, 7) is -0.0691. The van der Waals surface area contributed by atoms with Crippen LogP contribution >= 0.6 is 11.8 Å². The Morgan fingerprint density at radius 2 is 2.20 bits per heavy atom. The maximum Gasteiger partial charge on any atom is 0.250 e. The number of aliphatic hydroxyl groups is 1. The van der Waals surface area contributed by atoms with Crippen LogP contribution in [0.5, 0.6) is 0 Å². The van der Waals surface area contributed by atoms with Crippen LogP contribution in [0.25, 0.3) is 0 Å². The van der Waals surface area contributed by atoms with E-state index in [1.54, 1.807) is 0 Å². The van der Waals surface area contributed by atoms with Gasteiger partial charge >= 0.3 is 0 Å². The highest BCUT2D eigenvalue weighted by Gasteiger charge is 2.11. The van der Waals surface area contributed by atoms with E-state index in [2.05, 4.69) is 0 Å². The molecule has 82 valence electrons. The van der Waals surface area contributed by atoms with Crippen LogP contribution in [0.1, 0.15) is 10.4 Å². The van der Waals surface area contributed by atoms with Crippen LogP contribution in [0, 0.1) is 5.82 Å². The minimum atomic E-state index is -0.696. The highest BCUT2D eigenvalue weighted by molar-refractivity contribution is 7.99. The van der Waals surface area contributed by atoms with Gasteiger partial charge in [0.25, 0.3) is 5.91 Å². The van der Waals surface area contributed by atoms with E-state index in [1.807, 2.05) is 0 Å². The molecule has 1 amide bonds. The number of amides is 1. The number of halogens is 1. The van der Waals surface area contributed by atoms with E-state index in [-0.39, 0.29) is 22.8 Å². The molecule has 0 heterocycles. The summed E-state index contributed by atoms with van der Waals surface area (Å²) in [5.74, 6) is -0.867. The Morgan fingerprint density at radius 1 is 1.53 bits per heavy atom. The van der Waals surface area contributed by atoms with Gasteiger partial charge in [0, 0.05) is 16.3 Å². The lowest BCUT2D eigenvalue weighted by Gasteiger charge is -2.06. The Kier molecular flexibility index (Phi) is 3.93. The summed E-state index contributed by atoms with van der Waals surface area (Å²) in [5, 5.41) is 8.59. The molecule has 0 spiro atoms. The Morgan fingerprint density at radius 3 is 2.73 bits per heavy atom. The van der Waals surface area contributed by atoms with Crippen molar-refractivity contribution in [1.29, 1.82) is 0 Å². The molecule has 4 nitrogen and oxygen atoms in total. The number of thioether (sulfide) groups is 1. The smallest absolute Gasteiger partial charge is 0.250 e. The minimum absolute atomic E-state index is 0.0216. The average molecular weight is 230 g/mol. The van der Waals surface area contributed by atoms with Gasteiger partial charge in [-0.2, -0.15) is 0 Å². The molecule has 5 N–H and O–H groups in total. The molecule has 0 aliphatic heterocycles. The Hall–Kier alpha value is -1.27. The lowest BCUT2D eigenvalue weighted by atomic mass is 10.1. The molecule has 6 heteroatoms. The van der Waals surface area contributed by atoms with Gasteiger partial charge in [-0.25, -0.2) is 4.39 Å². The zero-order valence-corrected chi connectivity index (χ0v) is 8.68. The fourth-order valence-corrected chi connectivity index (χ4v) is 1.76. The molecule has 0 aliphatic carbocycles. The van der Waals surface area contributed by atoms with E-state index >= 15 is 0 Å². The fraction of sp³-hybridized carbons (Fsp3) is 0.222.